The molecule has 8 rings (SSSR count). The van der Waals surface area contributed by atoms with Gasteiger partial charge in [-0.2, -0.15) is 0 Å². The molecule has 4 aromatic rings. The first-order valence-electron chi connectivity index (χ1n) is 19.8. The highest BCUT2D eigenvalue weighted by Crippen LogP contribution is 2.54. The number of amides is 4. The number of H-pyrrole nitrogens is 2. The monoisotopic (exact) mass is 794 g/mol. The van der Waals surface area contributed by atoms with Crippen molar-refractivity contribution in [3.63, 3.8) is 0 Å². The van der Waals surface area contributed by atoms with Gasteiger partial charge in [0.25, 0.3) is 0 Å². The number of nitrogens with one attached hydrogen (secondary N) is 4. The Labute approximate surface area is 336 Å². The van der Waals surface area contributed by atoms with Crippen LogP contribution in [-0.4, -0.2) is 120 Å². The Morgan fingerprint density at radius 2 is 1.00 bits per heavy atom. The lowest BCUT2D eigenvalue weighted by Crippen LogP contribution is -2.50. The lowest BCUT2D eigenvalue weighted by atomic mass is 10.0. The number of hydrogen-bond donors (Lipinski definition) is 4. The topological polar surface area (TPSA) is 193 Å². The van der Waals surface area contributed by atoms with E-state index in [1.165, 1.54) is 14.2 Å². The molecule has 4 heterocycles. The molecule has 0 bridgehead atoms. The minimum absolute atomic E-state index is 0.137. The smallest absolute Gasteiger partial charge is 0.407 e. The molecule has 2 aromatic carbocycles. The van der Waals surface area contributed by atoms with Crippen molar-refractivity contribution in [2.24, 2.45) is 11.8 Å². The number of alkyl carbamates (subject to hydrolysis) is 2. The maximum atomic E-state index is 13.8. The number of rotatable bonds is 15. The molecular weight excluding hydrogens is 745 g/mol. The van der Waals surface area contributed by atoms with Crippen molar-refractivity contribution in [2.75, 3.05) is 41.7 Å². The van der Waals surface area contributed by atoms with Gasteiger partial charge < -0.3 is 49.3 Å². The molecule has 0 spiro atoms. The Kier molecular flexibility index (Phi) is 11.2. The number of aromatic amines is 2. The van der Waals surface area contributed by atoms with Gasteiger partial charge in [-0.05, 0) is 59.8 Å². The van der Waals surface area contributed by atoms with E-state index in [9.17, 15) is 19.2 Å². The second kappa shape index (κ2) is 16.6. The minimum Gasteiger partial charge on any atom is -0.453 e. The van der Waals surface area contributed by atoms with Crippen LogP contribution in [0.5, 0.6) is 0 Å². The van der Waals surface area contributed by atoms with Crippen LogP contribution in [0.15, 0.2) is 60.9 Å². The molecule has 0 unspecified atom stereocenters. The van der Waals surface area contributed by atoms with E-state index >= 15 is 0 Å². The van der Waals surface area contributed by atoms with Crippen molar-refractivity contribution in [2.45, 2.75) is 74.8 Å². The Morgan fingerprint density at radius 1 is 0.621 bits per heavy atom. The van der Waals surface area contributed by atoms with Crippen LogP contribution in [-0.2, 0) is 28.5 Å². The predicted octanol–water partition coefficient (Wildman–Crippen LogP) is 4.98. The molecule has 16 heteroatoms. The third kappa shape index (κ3) is 7.90. The zero-order valence-electron chi connectivity index (χ0n) is 33.1. The molecule has 4 N–H and O–H groups in total. The first-order chi connectivity index (χ1) is 28.2. The first-order valence-corrected chi connectivity index (χ1v) is 19.8. The summed E-state index contributed by atoms with van der Waals surface area (Å²) in [6.07, 6.45) is 6.54. The molecule has 2 saturated heterocycles. The van der Waals surface area contributed by atoms with Crippen LogP contribution in [0.4, 0.5) is 9.59 Å². The van der Waals surface area contributed by atoms with Gasteiger partial charge in [0.15, 0.2) is 0 Å². The number of ether oxygens (including phenoxy) is 4. The summed E-state index contributed by atoms with van der Waals surface area (Å²) in [7, 11) is 5.69. The summed E-state index contributed by atoms with van der Waals surface area (Å²) in [5, 5.41) is 5.38. The third-order valence-corrected chi connectivity index (χ3v) is 12.0. The number of likely N-dealkylation sites (tertiary alicyclic amines) is 2. The molecule has 8 atom stereocenters. The summed E-state index contributed by atoms with van der Waals surface area (Å²) in [4.78, 5) is 71.8. The summed E-state index contributed by atoms with van der Waals surface area (Å²) < 4.78 is 20.0. The van der Waals surface area contributed by atoms with Crippen molar-refractivity contribution in [1.29, 1.82) is 0 Å². The number of nitrogens with zero attached hydrogens (tertiary/aromatic N) is 4. The number of imidazole rings is 2. The average molecular weight is 795 g/mol. The van der Waals surface area contributed by atoms with Crippen LogP contribution in [0.1, 0.15) is 62.3 Å². The molecule has 2 aromatic heterocycles. The molecule has 2 aliphatic carbocycles. The number of piperidine rings is 2. The number of hydrogen-bond acceptors (Lipinski definition) is 10. The average Bonchev–Trinajstić information content (AvgIpc) is 3.84. The summed E-state index contributed by atoms with van der Waals surface area (Å²) in [5.74, 6) is 2.00. The van der Waals surface area contributed by atoms with Crippen molar-refractivity contribution in [1.82, 2.24) is 40.4 Å². The van der Waals surface area contributed by atoms with Gasteiger partial charge in [0, 0.05) is 52.4 Å². The summed E-state index contributed by atoms with van der Waals surface area (Å²) in [6, 6.07) is 14.9. The summed E-state index contributed by atoms with van der Waals surface area (Å²) >= 11 is 0. The van der Waals surface area contributed by atoms with E-state index in [0.29, 0.717) is 37.9 Å². The van der Waals surface area contributed by atoms with Gasteiger partial charge in [0.05, 0.1) is 50.1 Å². The Hall–Kier alpha value is -5.74. The van der Waals surface area contributed by atoms with Crippen LogP contribution in [0.25, 0.3) is 33.6 Å². The van der Waals surface area contributed by atoms with Crippen LogP contribution >= 0.6 is 0 Å². The van der Waals surface area contributed by atoms with E-state index < -0.39 is 24.3 Å². The van der Waals surface area contributed by atoms with Crippen LogP contribution in [0, 0.1) is 11.8 Å². The van der Waals surface area contributed by atoms with Gasteiger partial charge in [-0.15, -0.1) is 0 Å². The fourth-order valence-corrected chi connectivity index (χ4v) is 8.77. The highest BCUT2D eigenvalue weighted by Gasteiger charge is 2.57. The zero-order chi connectivity index (χ0) is 40.5. The van der Waals surface area contributed by atoms with Gasteiger partial charge >= 0.3 is 12.2 Å². The van der Waals surface area contributed by atoms with E-state index in [1.807, 2.05) is 22.2 Å². The maximum Gasteiger partial charge on any atom is 0.407 e. The van der Waals surface area contributed by atoms with Gasteiger partial charge in [0.2, 0.25) is 11.8 Å². The molecule has 0 radical (unpaired) electrons. The van der Waals surface area contributed by atoms with E-state index in [2.05, 4.69) is 69.1 Å². The molecule has 58 heavy (non-hydrogen) atoms. The van der Waals surface area contributed by atoms with Crippen molar-refractivity contribution in [3.8, 4) is 33.6 Å². The largest absolute Gasteiger partial charge is 0.453 e. The van der Waals surface area contributed by atoms with E-state index in [0.717, 1.165) is 71.0 Å². The summed E-state index contributed by atoms with van der Waals surface area (Å²) in [6.45, 7) is 0.649. The lowest BCUT2D eigenvalue weighted by Gasteiger charge is -2.30. The third-order valence-electron chi connectivity index (χ3n) is 12.0. The van der Waals surface area contributed by atoms with Crippen LogP contribution < -0.4 is 10.6 Å². The maximum absolute atomic E-state index is 13.8. The SMILES string of the molecule is COCC[C@H](NC(=O)OC)C(=O)N1[C@@H]2C[C@@H]2C[C@H]1c1ncc(-c2ccc(-c3ccc(-c4cnc([C@@H]5C[C@H]6C[C@H]6N5C(=O)[C@H](CCOC)NC(=O)OC)[nH]4)cc3)cc2)[nH]1. The molecule has 4 amide bonds. The minimum atomic E-state index is -0.753. The summed E-state index contributed by atoms with van der Waals surface area (Å²) in [5.41, 5.74) is 5.76. The van der Waals surface area contributed by atoms with Crippen molar-refractivity contribution in [3.05, 3.63) is 72.6 Å². The molecule has 306 valence electrons. The Balaban J connectivity index is 0.922. The van der Waals surface area contributed by atoms with E-state index in [4.69, 9.17) is 28.9 Å². The zero-order valence-corrected chi connectivity index (χ0v) is 33.1. The quantitative estimate of drug-likeness (QED) is 0.128. The Bertz CT molecular complexity index is 1970. The number of benzene rings is 2. The fraction of sp³-hybridized carbons (Fsp3) is 0.476. The highest BCUT2D eigenvalue weighted by molar-refractivity contribution is 5.88. The fourth-order valence-electron chi connectivity index (χ4n) is 8.77. The second-order valence-corrected chi connectivity index (χ2v) is 15.6. The first kappa shape index (κ1) is 39.1. The molecule has 4 fully saturated rings. The molecular formula is C42H50N8O8. The van der Waals surface area contributed by atoms with Gasteiger partial charge in [-0.1, -0.05) is 48.5 Å². The number of methoxy groups -OCH3 is 4. The van der Waals surface area contributed by atoms with Crippen LogP contribution in [0.2, 0.25) is 0 Å². The number of carbonyl (C=O) groups excluding carboxylic acids is 4. The normalized spacial score (nSPS) is 23.7. The molecule has 2 aliphatic heterocycles. The second-order valence-electron chi connectivity index (χ2n) is 15.6. The lowest BCUT2D eigenvalue weighted by molar-refractivity contribution is -0.136. The van der Waals surface area contributed by atoms with E-state index in [-0.39, 0.29) is 36.0 Å². The number of carbonyl (C=O) groups is 4. The van der Waals surface area contributed by atoms with Crippen LogP contribution in [0.3, 0.4) is 0 Å². The number of aromatic nitrogens is 4. The molecule has 2 saturated carbocycles. The van der Waals surface area contributed by atoms with Gasteiger partial charge in [0.1, 0.15) is 23.7 Å². The highest BCUT2D eigenvalue weighted by atomic mass is 16.5. The predicted molar refractivity (Wildman–Crippen MR) is 211 cm³/mol. The molecule has 16 nitrogen and oxygen atoms in total. The van der Waals surface area contributed by atoms with Crippen molar-refractivity contribution < 1.29 is 38.1 Å². The van der Waals surface area contributed by atoms with Gasteiger partial charge in [-0.25, -0.2) is 19.6 Å². The van der Waals surface area contributed by atoms with Gasteiger partial charge in [-0.3, -0.25) is 9.59 Å². The van der Waals surface area contributed by atoms with Crippen molar-refractivity contribution >= 4 is 24.0 Å². The Morgan fingerprint density at radius 3 is 1.36 bits per heavy atom. The standard InChI is InChI=1S/C42H50N8O8/c1-55-15-13-29(47-41(53)57-3)39(51)49-33-17-27(33)19-35(49)37-43-21-31(45-37)25-9-5-23(6-10-25)24-7-11-26(12-8-24)32-22-44-38(46-32)36-20-28-18-34(28)50(36)40(52)30(14-16-56-2)48-42(54)58-4/h5-12,21-22,27-30,33-36H,13-20H2,1-4H3,(H,43,45)(H,44,46)(H,47,53)(H,48,54)/t27-,28-,29+,30+,33-,34-,35+,36+/m1/s1. The van der Waals surface area contributed by atoms with E-state index in [1.54, 1.807) is 14.2 Å². The number of fused-ring (bicyclic) bond motifs is 2. The molecule has 4 aliphatic rings.